The summed E-state index contributed by atoms with van der Waals surface area (Å²) in [6.45, 7) is 6.58. The Morgan fingerprint density at radius 2 is 1.78 bits per heavy atom. The second-order valence-electron chi connectivity index (χ2n) is 10.1. The van der Waals surface area contributed by atoms with E-state index in [0.29, 0.717) is 11.7 Å². The van der Waals surface area contributed by atoms with Crippen LogP contribution in [-0.4, -0.2) is 43.1 Å². The molecule has 2 aromatic heterocycles. The van der Waals surface area contributed by atoms with Crippen LogP contribution < -0.4 is 10.6 Å². The van der Waals surface area contributed by atoms with Gasteiger partial charge in [0, 0.05) is 41.9 Å². The van der Waals surface area contributed by atoms with Crippen LogP contribution in [0.4, 0.5) is 5.69 Å². The fraction of sp³-hybridized carbons (Fsp3) is 0.250. The molecule has 3 N–H and O–H groups in total. The minimum absolute atomic E-state index is 0.0715. The second kappa shape index (κ2) is 11.9. The highest BCUT2D eigenvalue weighted by Crippen LogP contribution is 2.41. The van der Waals surface area contributed by atoms with E-state index in [1.807, 2.05) is 61.5 Å². The molecule has 2 aromatic carbocycles. The van der Waals surface area contributed by atoms with E-state index in [-0.39, 0.29) is 30.0 Å². The van der Waals surface area contributed by atoms with E-state index in [1.165, 1.54) is 0 Å². The van der Waals surface area contributed by atoms with Crippen molar-refractivity contribution in [2.75, 3.05) is 11.9 Å². The normalized spacial score (nSPS) is 16.5. The quantitative estimate of drug-likeness (QED) is 0.222. The number of pyridine rings is 1. The van der Waals surface area contributed by atoms with E-state index in [0.717, 1.165) is 46.0 Å². The topological polar surface area (TPSA) is 99.5 Å². The van der Waals surface area contributed by atoms with Crippen LogP contribution in [0.1, 0.15) is 64.0 Å². The summed E-state index contributed by atoms with van der Waals surface area (Å²) in [4.78, 5) is 31.2. The summed E-state index contributed by atoms with van der Waals surface area (Å²) in [5, 5.41) is 16.4. The molecule has 0 radical (unpaired) electrons. The van der Waals surface area contributed by atoms with E-state index in [2.05, 4.69) is 45.0 Å². The van der Waals surface area contributed by atoms with Gasteiger partial charge < -0.3 is 25.2 Å². The van der Waals surface area contributed by atoms with E-state index in [4.69, 9.17) is 12.2 Å². The van der Waals surface area contributed by atoms with Gasteiger partial charge in [0.15, 0.2) is 5.11 Å². The Balaban J connectivity index is 1.46. The third-order valence-electron chi connectivity index (χ3n) is 7.61. The van der Waals surface area contributed by atoms with E-state index in [9.17, 15) is 14.7 Å². The third kappa shape index (κ3) is 5.71. The maximum Gasteiger partial charge on any atom is 0.335 e. The summed E-state index contributed by atoms with van der Waals surface area (Å²) in [5.41, 5.74) is 6.98. The maximum atomic E-state index is 13.1. The first-order valence-corrected chi connectivity index (χ1v) is 14.1. The Morgan fingerprint density at radius 1 is 1.05 bits per heavy atom. The number of aromatic nitrogens is 2. The molecule has 1 saturated heterocycles. The van der Waals surface area contributed by atoms with Gasteiger partial charge in [-0.3, -0.25) is 9.78 Å². The molecular formula is C32H33N5O3S. The molecule has 41 heavy (non-hydrogen) atoms. The van der Waals surface area contributed by atoms with Crippen LogP contribution in [-0.2, 0) is 11.2 Å². The van der Waals surface area contributed by atoms with Gasteiger partial charge in [0.1, 0.15) is 0 Å². The van der Waals surface area contributed by atoms with Crippen LogP contribution in [0.15, 0.2) is 79.0 Å². The zero-order chi connectivity index (χ0) is 29.1. The van der Waals surface area contributed by atoms with Crippen LogP contribution in [0.3, 0.4) is 0 Å². The Hall–Kier alpha value is -4.50. The fourth-order valence-corrected chi connectivity index (χ4v) is 5.94. The van der Waals surface area contributed by atoms with Gasteiger partial charge in [-0.2, -0.15) is 0 Å². The largest absolute Gasteiger partial charge is 0.478 e. The second-order valence-corrected chi connectivity index (χ2v) is 10.5. The van der Waals surface area contributed by atoms with Crippen LogP contribution in [0.2, 0.25) is 0 Å². The van der Waals surface area contributed by atoms with Crippen molar-refractivity contribution >= 4 is 34.9 Å². The summed E-state index contributed by atoms with van der Waals surface area (Å²) in [6, 6.07) is 22.3. The van der Waals surface area contributed by atoms with Gasteiger partial charge in [0.25, 0.3) is 0 Å². The lowest BCUT2D eigenvalue weighted by molar-refractivity contribution is -0.116. The molecular weight excluding hydrogens is 534 g/mol. The zero-order valence-corrected chi connectivity index (χ0v) is 24.1. The number of aryl methyl sites for hydroxylation is 2. The average Bonchev–Trinajstić information content (AvgIpc) is 3.46. The van der Waals surface area contributed by atoms with Gasteiger partial charge in [-0.25, -0.2) is 4.79 Å². The molecule has 9 heteroatoms. The van der Waals surface area contributed by atoms with E-state index < -0.39 is 5.97 Å². The minimum Gasteiger partial charge on any atom is -0.478 e. The highest BCUT2D eigenvalue weighted by molar-refractivity contribution is 7.80. The number of carbonyl (C=O) groups excluding carboxylic acids is 1. The molecule has 0 unspecified atom stereocenters. The van der Waals surface area contributed by atoms with E-state index in [1.54, 1.807) is 18.3 Å². The molecule has 2 atom stereocenters. The lowest BCUT2D eigenvalue weighted by Crippen LogP contribution is -2.33. The molecule has 3 heterocycles. The van der Waals surface area contributed by atoms with Gasteiger partial charge in [-0.05, 0) is 92.1 Å². The molecule has 0 bridgehead atoms. The molecule has 0 spiro atoms. The van der Waals surface area contributed by atoms with Crippen molar-refractivity contribution in [3.8, 4) is 5.69 Å². The number of carbonyl (C=O) groups is 2. The highest BCUT2D eigenvalue weighted by atomic mass is 32.1. The first-order chi connectivity index (χ1) is 19.8. The summed E-state index contributed by atoms with van der Waals surface area (Å²) < 4.78 is 2.12. The summed E-state index contributed by atoms with van der Waals surface area (Å²) in [5.74, 6) is -1.03. The number of benzene rings is 2. The smallest absolute Gasteiger partial charge is 0.335 e. The molecule has 1 amide bonds. The van der Waals surface area contributed by atoms with Gasteiger partial charge in [0.2, 0.25) is 5.91 Å². The maximum absolute atomic E-state index is 13.1. The van der Waals surface area contributed by atoms with Gasteiger partial charge >= 0.3 is 5.97 Å². The number of rotatable bonds is 9. The molecule has 0 aliphatic carbocycles. The van der Waals surface area contributed by atoms with Crippen molar-refractivity contribution in [3.63, 3.8) is 0 Å². The van der Waals surface area contributed by atoms with Gasteiger partial charge in [-0.1, -0.05) is 31.2 Å². The van der Waals surface area contributed by atoms with Crippen molar-refractivity contribution in [2.24, 2.45) is 0 Å². The van der Waals surface area contributed by atoms with Gasteiger partial charge in [0.05, 0.1) is 23.3 Å². The number of para-hydroxylation sites is 1. The Labute approximate surface area is 245 Å². The Morgan fingerprint density at radius 3 is 2.46 bits per heavy atom. The lowest BCUT2D eigenvalue weighted by Gasteiger charge is -2.28. The monoisotopic (exact) mass is 567 g/mol. The first-order valence-electron chi connectivity index (χ1n) is 13.7. The summed E-state index contributed by atoms with van der Waals surface area (Å²) >= 11 is 5.82. The number of nitrogens with zero attached hydrogens (tertiary/aromatic N) is 3. The average molecular weight is 568 g/mol. The van der Waals surface area contributed by atoms with Crippen LogP contribution >= 0.6 is 12.2 Å². The van der Waals surface area contributed by atoms with Crippen molar-refractivity contribution in [1.82, 2.24) is 19.8 Å². The van der Waals surface area contributed by atoms with Gasteiger partial charge in [-0.15, -0.1) is 0 Å². The van der Waals surface area contributed by atoms with Crippen molar-refractivity contribution in [3.05, 3.63) is 113 Å². The van der Waals surface area contributed by atoms with Crippen LogP contribution in [0.25, 0.3) is 5.69 Å². The highest BCUT2D eigenvalue weighted by Gasteiger charge is 2.41. The first kappa shape index (κ1) is 28.0. The Kier molecular flexibility index (Phi) is 8.16. The number of nitrogens with one attached hydrogen (secondary N) is 2. The SMILES string of the molecule is CCc1ccccc1NC(=O)CCN1C(=S)N[C@@H](c2ccccn2)[C@H]1c1cc(C)n(-c2ccc(C(=O)O)cc2)c1C. The predicted octanol–water partition coefficient (Wildman–Crippen LogP) is 5.75. The number of carboxylic acids is 1. The lowest BCUT2D eigenvalue weighted by atomic mass is 9.96. The predicted molar refractivity (Wildman–Crippen MR) is 163 cm³/mol. The van der Waals surface area contributed by atoms with Crippen LogP contribution in [0.5, 0.6) is 0 Å². The summed E-state index contributed by atoms with van der Waals surface area (Å²) in [7, 11) is 0. The van der Waals surface area contributed by atoms with Crippen LogP contribution in [0, 0.1) is 13.8 Å². The number of hydrogen-bond acceptors (Lipinski definition) is 4. The number of hydrogen-bond donors (Lipinski definition) is 3. The molecule has 1 aliphatic heterocycles. The molecule has 5 rings (SSSR count). The molecule has 210 valence electrons. The number of thiocarbonyl (C=S) groups is 1. The Bertz CT molecular complexity index is 1580. The number of aromatic carboxylic acids is 1. The van der Waals surface area contributed by atoms with Crippen molar-refractivity contribution in [2.45, 2.75) is 45.7 Å². The number of carboxylic acid groups (broad SMARTS) is 1. The third-order valence-corrected chi connectivity index (χ3v) is 7.96. The molecule has 4 aromatic rings. The standard InChI is InChI=1S/C32H33N5O3S/c1-4-22-9-5-6-10-26(22)34-28(38)16-18-36-30(29(35-32(36)41)27-11-7-8-17-33-27)25-19-20(2)37(21(25)3)24-14-12-23(13-15-24)31(39)40/h5-15,17,19,29-30H,4,16,18H2,1-3H3,(H,34,38)(H,35,41)(H,39,40)/t29-,30+/m0/s1. The molecule has 0 saturated carbocycles. The summed E-state index contributed by atoms with van der Waals surface area (Å²) in [6.07, 6.45) is 2.87. The minimum atomic E-state index is -0.959. The van der Waals surface area contributed by atoms with Crippen molar-refractivity contribution in [1.29, 1.82) is 0 Å². The molecule has 1 aliphatic rings. The number of amides is 1. The van der Waals surface area contributed by atoms with Crippen molar-refractivity contribution < 1.29 is 14.7 Å². The zero-order valence-electron chi connectivity index (χ0n) is 23.3. The molecule has 8 nitrogen and oxygen atoms in total. The number of anilines is 1. The molecule has 1 fully saturated rings. The van der Waals surface area contributed by atoms with E-state index >= 15 is 0 Å². The fourth-order valence-electron chi connectivity index (χ4n) is 5.61.